The maximum atomic E-state index is 13.4. The molecule has 0 aliphatic carbocycles. The van der Waals surface area contributed by atoms with Crippen LogP contribution in [0.5, 0.6) is 23.0 Å². The van der Waals surface area contributed by atoms with Crippen LogP contribution in [0.25, 0.3) is 16.6 Å². The zero-order chi connectivity index (χ0) is 27.1. The molecule has 0 saturated heterocycles. The Morgan fingerprint density at radius 2 is 1.79 bits per heavy atom. The normalized spacial score (nSPS) is 11.0. The third-order valence-corrected chi connectivity index (χ3v) is 6.33. The Kier molecular flexibility index (Phi) is 8.49. The molecule has 0 aliphatic rings. The van der Waals surface area contributed by atoms with Gasteiger partial charge in [-0.3, -0.25) is 14.2 Å². The predicted molar refractivity (Wildman–Crippen MR) is 146 cm³/mol. The van der Waals surface area contributed by atoms with E-state index in [1.165, 1.54) is 25.0 Å². The summed E-state index contributed by atoms with van der Waals surface area (Å²) in [5.74, 6) is 0.540. The van der Waals surface area contributed by atoms with Gasteiger partial charge in [0.2, 0.25) is 5.75 Å². The molecule has 0 fully saturated rings. The van der Waals surface area contributed by atoms with E-state index in [1.807, 2.05) is 6.92 Å². The summed E-state index contributed by atoms with van der Waals surface area (Å²) >= 11 is 1.12. The molecule has 1 amide bonds. The van der Waals surface area contributed by atoms with E-state index in [9.17, 15) is 14.7 Å². The van der Waals surface area contributed by atoms with Crippen molar-refractivity contribution >= 4 is 34.8 Å². The minimum absolute atomic E-state index is 0.0403. The lowest BCUT2D eigenvalue weighted by molar-refractivity contribution is -0.118. The van der Waals surface area contributed by atoms with E-state index in [2.05, 4.69) is 15.5 Å². The molecule has 3 aromatic carbocycles. The first-order chi connectivity index (χ1) is 18.4. The van der Waals surface area contributed by atoms with E-state index in [1.54, 1.807) is 60.7 Å². The van der Waals surface area contributed by atoms with Crippen LogP contribution < -0.4 is 25.2 Å². The van der Waals surface area contributed by atoms with Crippen molar-refractivity contribution < 1.29 is 24.1 Å². The van der Waals surface area contributed by atoms with Gasteiger partial charge in [0.1, 0.15) is 5.75 Å². The van der Waals surface area contributed by atoms with Gasteiger partial charge in [0.05, 0.1) is 49.4 Å². The number of nitrogens with one attached hydrogen (secondary N) is 1. The number of para-hydroxylation sites is 1. The standard InChI is InChI=1S/C27H26N4O6S/c1-4-37-19-11-9-18(10-12-19)31-26(34)20-7-5-6-8-21(20)29-27(31)38-16-24(32)30-28-15-17-13-22(35-2)25(33)23(14-17)36-3/h5-15,33H,4,16H2,1-3H3,(H,30,32)/b28-15+. The molecular weight excluding hydrogens is 508 g/mol. The Morgan fingerprint density at radius 3 is 2.45 bits per heavy atom. The van der Waals surface area contributed by atoms with Crippen LogP contribution >= 0.6 is 11.8 Å². The van der Waals surface area contributed by atoms with E-state index in [-0.39, 0.29) is 28.6 Å². The van der Waals surface area contributed by atoms with Crippen LogP contribution in [-0.4, -0.2) is 53.4 Å². The van der Waals surface area contributed by atoms with Gasteiger partial charge in [-0.15, -0.1) is 0 Å². The number of hydrogen-bond acceptors (Lipinski definition) is 9. The van der Waals surface area contributed by atoms with E-state index >= 15 is 0 Å². The van der Waals surface area contributed by atoms with Crippen LogP contribution in [0.2, 0.25) is 0 Å². The maximum absolute atomic E-state index is 13.4. The smallest absolute Gasteiger partial charge is 0.266 e. The fraction of sp³-hybridized carbons (Fsp3) is 0.185. The topological polar surface area (TPSA) is 124 Å². The van der Waals surface area contributed by atoms with Crippen LogP contribution in [0.4, 0.5) is 0 Å². The summed E-state index contributed by atoms with van der Waals surface area (Å²) in [6.07, 6.45) is 1.40. The van der Waals surface area contributed by atoms with Crippen LogP contribution in [-0.2, 0) is 4.79 Å². The fourth-order valence-corrected chi connectivity index (χ4v) is 4.43. The number of aromatic nitrogens is 2. The molecule has 0 saturated carbocycles. The number of aromatic hydroxyl groups is 1. The van der Waals surface area contributed by atoms with E-state index < -0.39 is 5.91 Å². The zero-order valence-corrected chi connectivity index (χ0v) is 21.8. The van der Waals surface area contributed by atoms with Gasteiger partial charge in [0, 0.05) is 5.56 Å². The minimum atomic E-state index is -0.399. The van der Waals surface area contributed by atoms with Crippen LogP contribution in [0.3, 0.4) is 0 Å². The van der Waals surface area contributed by atoms with Crippen molar-refractivity contribution in [3.8, 4) is 28.7 Å². The fourth-order valence-electron chi connectivity index (χ4n) is 3.62. The lowest BCUT2D eigenvalue weighted by atomic mass is 10.2. The molecule has 0 radical (unpaired) electrons. The van der Waals surface area contributed by atoms with Gasteiger partial charge in [-0.1, -0.05) is 23.9 Å². The number of nitrogens with zero attached hydrogens (tertiary/aromatic N) is 3. The third kappa shape index (κ3) is 5.89. The average Bonchev–Trinajstić information content (AvgIpc) is 2.93. The molecule has 0 unspecified atom stereocenters. The molecule has 0 bridgehead atoms. The molecule has 11 heteroatoms. The number of methoxy groups -OCH3 is 2. The van der Waals surface area contributed by atoms with E-state index in [4.69, 9.17) is 14.2 Å². The molecule has 4 aromatic rings. The Balaban J connectivity index is 1.54. The largest absolute Gasteiger partial charge is 0.502 e. The van der Waals surface area contributed by atoms with Gasteiger partial charge in [-0.2, -0.15) is 5.10 Å². The molecule has 0 spiro atoms. The molecule has 1 heterocycles. The average molecular weight is 535 g/mol. The Morgan fingerprint density at radius 1 is 1.11 bits per heavy atom. The van der Waals surface area contributed by atoms with Gasteiger partial charge < -0.3 is 19.3 Å². The highest BCUT2D eigenvalue weighted by Gasteiger charge is 2.15. The highest BCUT2D eigenvalue weighted by Crippen LogP contribution is 2.36. The molecule has 196 valence electrons. The van der Waals surface area contributed by atoms with E-state index in [0.29, 0.717) is 39.7 Å². The highest BCUT2D eigenvalue weighted by molar-refractivity contribution is 7.99. The number of phenols is 1. The predicted octanol–water partition coefficient (Wildman–Crippen LogP) is 3.75. The van der Waals surface area contributed by atoms with Crippen molar-refractivity contribution in [2.45, 2.75) is 12.1 Å². The van der Waals surface area contributed by atoms with Crippen LogP contribution in [0.15, 0.2) is 75.7 Å². The SMILES string of the molecule is CCOc1ccc(-n2c(SCC(=O)N/N=C/c3cc(OC)c(O)c(OC)c3)nc3ccccc3c2=O)cc1. The Labute approximate surface area is 222 Å². The first-order valence-corrected chi connectivity index (χ1v) is 12.6. The van der Waals surface area contributed by atoms with Gasteiger partial charge in [-0.05, 0) is 55.5 Å². The van der Waals surface area contributed by atoms with Gasteiger partial charge >= 0.3 is 0 Å². The van der Waals surface area contributed by atoms with Gasteiger partial charge in [0.15, 0.2) is 16.7 Å². The molecule has 0 atom stereocenters. The quantitative estimate of drug-likeness (QED) is 0.136. The van der Waals surface area contributed by atoms with E-state index in [0.717, 1.165) is 11.8 Å². The second-order valence-electron chi connectivity index (χ2n) is 7.83. The second kappa shape index (κ2) is 12.2. The summed E-state index contributed by atoms with van der Waals surface area (Å²) in [5, 5.41) is 14.8. The van der Waals surface area contributed by atoms with Crippen molar-refractivity contribution in [3.05, 3.63) is 76.6 Å². The van der Waals surface area contributed by atoms with Crippen molar-refractivity contribution in [1.29, 1.82) is 0 Å². The number of phenolic OH excluding ortho intramolecular Hbond substituents is 1. The number of benzene rings is 3. The number of amides is 1. The van der Waals surface area contributed by atoms with Gasteiger partial charge in [0.25, 0.3) is 11.5 Å². The third-order valence-electron chi connectivity index (χ3n) is 5.39. The first-order valence-electron chi connectivity index (χ1n) is 11.6. The number of carbonyl (C=O) groups excluding carboxylic acids is 1. The molecule has 10 nitrogen and oxygen atoms in total. The molecule has 38 heavy (non-hydrogen) atoms. The minimum Gasteiger partial charge on any atom is -0.502 e. The highest BCUT2D eigenvalue weighted by atomic mass is 32.2. The number of carbonyl (C=O) groups is 1. The van der Waals surface area contributed by atoms with Crippen LogP contribution in [0.1, 0.15) is 12.5 Å². The summed E-state index contributed by atoms with van der Waals surface area (Å²) in [6.45, 7) is 2.43. The first kappa shape index (κ1) is 26.6. The Hall–Kier alpha value is -4.51. The van der Waals surface area contributed by atoms with Crippen molar-refractivity contribution in [3.63, 3.8) is 0 Å². The second-order valence-corrected chi connectivity index (χ2v) is 8.78. The molecule has 0 aliphatic heterocycles. The lowest BCUT2D eigenvalue weighted by Crippen LogP contribution is -2.24. The summed E-state index contributed by atoms with van der Waals surface area (Å²) in [7, 11) is 2.84. The van der Waals surface area contributed by atoms with Crippen LogP contribution in [0, 0.1) is 0 Å². The maximum Gasteiger partial charge on any atom is 0.266 e. The number of hydrazone groups is 1. The zero-order valence-electron chi connectivity index (χ0n) is 21.0. The van der Waals surface area contributed by atoms with Gasteiger partial charge in [-0.25, -0.2) is 10.4 Å². The Bertz CT molecular complexity index is 1510. The van der Waals surface area contributed by atoms with Crippen molar-refractivity contribution in [1.82, 2.24) is 15.0 Å². The molecular formula is C27H26N4O6S. The summed E-state index contributed by atoms with van der Waals surface area (Å²) in [4.78, 5) is 30.6. The number of rotatable bonds is 10. The summed E-state index contributed by atoms with van der Waals surface area (Å²) in [5.41, 5.74) is 3.91. The van der Waals surface area contributed by atoms with Crippen molar-refractivity contribution in [2.24, 2.45) is 5.10 Å². The number of thioether (sulfide) groups is 1. The molecule has 1 aromatic heterocycles. The number of fused-ring (bicyclic) bond motifs is 1. The molecule has 2 N–H and O–H groups in total. The van der Waals surface area contributed by atoms with Crippen molar-refractivity contribution in [2.75, 3.05) is 26.6 Å². The number of ether oxygens (including phenoxy) is 3. The number of hydrogen-bond donors (Lipinski definition) is 2. The summed E-state index contributed by atoms with van der Waals surface area (Å²) < 4.78 is 17.2. The lowest BCUT2D eigenvalue weighted by Gasteiger charge is -2.13. The monoisotopic (exact) mass is 534 g/mol. The molecule has 4 rings (SSSR count). The summed E-state index contributed by atoms with van der Waals surface area (Å²) in [6, 6.07) is 17.3.